The van der Waals surface area contributed by atoms with Gasteiger partial charge < -0.3 is 9.47 Å². The van der Waals surface area contributed by atoms with Gasteiger partial charge in [-0.3, -0.25) is 0 Å². The van der Waals surface area contributed by atoms with Crippen LogP contribution in [-0.4, -0.2) is 6.36 Å². The molecule has 2 nitrogen and oxygen atoms in total. The second kappa shape index (κ2) is 6.73. The molecule has 0 atom stereocenters. The molecule has 0 saturated carbocycles. The van der Waals surface area contributed by atoms with Crippen LogP contribution in [0.25, 0.3) is 0 Å². The predicted molar refractivity (Wildman–Crippen MR) is 78.0 cm³/mol. The number of alkyl halides is 3. The van der Waals surface area contributed by atoms with Crippen molar-refractivity contribution in [1.29, 1.82) is 0 Å². The second-order valence-corrected chi connectivity index (χ2v) is 5.21. The highest BCUT2D eigenvalue weighted by molar-refractivity contribution is 5.32. The standard InChI is InChI=1S/C17H17F3O2/c1-12(2)14-5-3-4-13(10-14)11-21-15-6-8-16(9-7-15)22-17(18,19)20/h3-10,12H,11H2,1-2H3. The number of ether oxygens (including phenoxy) is 2. The summed E-state index contributed by atoms with van der Waals surface area (Å²) in [5, 5.41) is 0. The average molecular weight is 310 g/mol. The number of hydrogen-bond acceptors (Lipinski definition) is 2. The van der Waals surface area contributed by atoms with Crippen molar-refractivity contribution in [2.45, 2.75) is 32.7 Å². The van der Waals surface area contributed by atoms with Crippen molar-refractivity contribution in [3.63, 3.8) is 0 Å². The molecular formula is C17H17F3O2. The van der Waals surface area contributed by atoms with Crippen LogP contribution in [0.2, 0.25) is 0 Å². The lowest BCUT2D eigenvalue weighted by atomic mass is 10.0. The maximum atomic E-state index is 12.1. The van der Waals surface area contributed by atoms with E-state index >= 15 is 0 Å². The Labute approximate surface area is 127 Å². The average Bonchev–Trinajstić information content (AvgIpc) is 2.45. The first-order chi connectivity index (χ1) is 10.3. The summed E-state index contributed by atoms with van der Waals surface area (Å²) < 4.78 is 45.6. The third-order valence-electron chi connectivity index (χ3n) is 3.08. The molecule has 5 heteroatoms. The third-order valence-corrected chi connectivity index (χ3v) is 3.08. The first-order valence-electron chi connectivity index (χ1n) is 6.91. The van der Waals surface area contributed by atoms with E-state index in [-0.39, 0.29) is 5.75 Å². The Bertz CT molecular complexity index is 604. The van der Waals surface area contributed by atoms with Gasteiger partial charge in [-0.25, -0.2) is 0 Å². The summed E-state index contributed by atoms with van der Waals surface area (Å²) in [4.78, 5) is 0. The number of rotatable bonds is 5. The molecule has 118 valence electrons. The summed E-state index contributed by atoms with van der Waals surface area (Å²) >= 11 is 0. The van der Waals surface area contributed by atoms with Gasteiger partial charge in [0.15, 0.2) is 0 Å². The molecule has 2 aromatic rings. The van der Waals surface area contributed by atoms with Gasteiger partial charge in [-0.1, -0.05) is 38.1 Å². The van der Waals surface area contributed by atoms with E-state index in [2.05, 4.69) is 30.7 Å². The molecule has 2 rings (SSSR count). The van der Waals surface area contributed by atoms with Crippen molar-refractivity contribution in [2.75, 3.05) is 0 Å². The van der Waals surface area contributed by atoms with Gasteiger partial charge in [0, 0.05) is 0 Å². The zero-order chi connectivity index (χ0) is 16.2. The first kappa shape index (κ1) is 16.2. The molecule has 0 heterocycles. The highest BCUT2D eigenvalue weighted by Gasteiger charge is 2.30. The Kier molecular flexibility index (Phi) is 4.96. The molecular weight excluding hydrogens is 293 g/mol. The van der Waals surface area contributed by atoms with Crippen molar-refractivity contribution >= 4 is 0 Å². The lowest BCUT2D eigenvalue weighted by molar-refractivity contribution is -0.274. The Hall–Kier alpha value is -2.17. The van der Waals surface area contributed by atoms with E-state index in [1.807, 2.05) is 12.1 Å². The Morgan fingerprint density at radius 2 is 1.59 bits per heavy atom. The Morgan fingerprint density at radius 1 is 0.955 bits per heavy atom. The fourth-order valence-corrected chi connectivity index (χ4v) is 1.95. The largest absolute Gasteiger partial charge is 0.573 e. The molecule has 0 bridgehead atoms. The smallest absolute Gasteiger partial charge is 0.489 e. The third kappa shape index (κ3) is 4.98. The molecule has 0 aliphatic carbocycles. The zero-order valence-corrected chi connectivity index (χ0v) is 12.4. The van der Waals surface area contributed by atoms with E-state index in [9.17, 15) is 13.2 Å². The fourth-order valence-electron chi connectivity index (χ4n) is 1.95. The molecule has 0 radical (unpaired) electrons. The van der Waals surface area contributed by atoms with Crippen LogP contribution < -0.4 is 9.47 Å². The molecule has 0 amide bonds. The van der Waals surface area contributed by atoms with Gasteiger partial charge in [-0.2, -0.15) is 0 Å². The van der Waals surface area contributed by atoms with E-state index in [1.165, 1.54) is 29.8 Å². The van der Waals surface area contributed by atoms with Gasteiger partial charge in [0.2, 0.25) is 0 Å². The van der Waals surface area contributed by atoms with Crippen molar-refractivity contribution in [3.8, 4) is 11.5 Å². The monoisotopic (exact) mass is 310 g/mol. The predicted octanol–water partition coefficient (Wildman–Crippen LogP) is 5.29. The molecule has 22 heavy (non-hydrogen) atoms. The van der Waals surface area contributed by atoms with Gasteiger partial charge in [0.1, 0.15) is 18.1 Å². The van der Waals surface area contributed by atoms with Crippen LogP contribution in [0.3, 0.4) is 0 Å². The molecule has 0 saturated heterocycles. The van der Waals surface area contributed by atoms with Crippen molar-refractivity contribution in [2.24, 2.45) is 0 Å². The highest BCUT2D eigenvalue weighted by Crippen LogP contribution is 2.25. The minimum atomic E-state index is -4.68. The van der Waals surface area contributed by atoms with Crippen LogP contribution >= 0.6 is 0 Å². The van der Waals surface area contributed by atoms with Gasteiger partial charge in [-0.15, -0.1) is 13.2 Å². The topological polar surface area (TPSA) is 18.5 Å². The zero-order valence-electron chi connectivity index (χ0n) is 12.4. The van der Waals surface area contributed by atoms with Gasteiger partial charge >= 0.3 is 6.36 Å². The molecule has 0 spiro atoms. The first-order valence-corrected chi connectivity index (χ1v) is 6.91. The summed E-state index contributed by atoms with van der Waals surface area (Å²) in [6.45, 7) is 4.58. The summed E-state index contributed by atoms with van der Waals surface area (Å²) in [5.74, 6) is 0.657. The molecule has 0 N–H and O–H groups in total. The second-order valence-electron chi connectivity index (χ2n) is 5.21. The minimum Gasteiger partial charge on any atom is -0.489 e. The van der Waals surface area contributed by atoms with E-state index < -0.39 is 6.36 Å². The van der Waals surface area contributed by atoms with Crippen LogP contribution in [0.15, 0.2) is 48.5 Å². The van der Waals surface area contributed by atoms with Gasteiger partial charge in [0.05, 0.1) is 0 Å². The maximum absolute atomic E-state index is 12.1. The van der Waals surface area contributed by atoms with E-state index in [1.54, 1.807) is 0 Å². The normalized spacial score (nSPS) is 11.5. The van der Waals surface area contributed by atoms with E-state index in [0.29, 0.717) is 18.3 Å². The minimum absolute atomic E-state index is 0.262. The van der Waals surface area contributed by atoms with Crippen molar-refractivity contribution < 1.29 is 22.6 Å². The lowest BCUT2D eigenvalue weighted by Crippen LogP contribution is -2.16. The number of hydrogen-bond donors (Lipinski definition) is 0. The summed E-state index contributed by atoms with van der Waals surface area (Å²) in [7, 11) is 0. The van der Waals surface area contributed by atoms with Crippen LogP contribution in [0.4, 0.5) is 13.2 Å². The fraction of sp³-hybridized carbons (Fsp3) is 0.294. The molecule has 2 aromatic carbocycles. The number of halogens is 3. The van der Waals surface area contributed by atoms with Crippen LogP contribution in [0, 0.1) is 0 Å². The Morgan fingerprint density at radius 3 is 2.18 bits per heavy atom. The van der Waals surface area contributed by atoms with Crippen LogP contribution in [-0.2, 0) is 6.61 Å². The molecule has 0 aromatic heterocycles. The quantitative estimate of drug-likeness (QED) is 0.747. The molecule has 0 unspecified atom stereocenters. The van der Waals surface area contributed by atoms with Crippen LogP contribution in [0.1, 0.15) is 30.9 Å². The van der Waals surface area contributed by atoms with Crippen molar-refractivity contribution in [1.82, 2.24) is 0 Å². The van der Waals surface area contributed by atoms with E-state index in [4.69, 9.17) is 4.74 Å². The van der Waals surface area contributed by atoms with Crippen molar-refractivity contribution in [3.05, 3.63) is 59.7 Å². The molecule has 0 fully saturated rings. The number of benzene rings is 2. The molecule has 0 aliphatic heterocycles. The summed E-state index contributed by atoms with van der Waals surface area (Å²) in [6, 6.07) is 13.4. The molecule has 0 aliphatic rings. The SMILES string of the molecule is CC(C)c1cccc(COc2ccc(OC(F)(F)F)cc2)c1. The maximum Gasteiger partial charge on any atom is 0.573 e. The lowest BCUT2D eigenvalue weighted by Gasteiger charge is -2.11. The highest BCUT2D eigenvalue weighted by atomic mass is 19.4. The van der Waals surface area contributed by atoms with Crippen LogP contribution in [0.5, 0.6) is 11.5 Å². The summed E-state index contributed by atoms with van der Waals surface area (Å²) in [5.41, 5.74) is 2.23. The Balaban J connectivity index is 1.96. The van der Waals surface area contributed by atoms with Gasteiger partial charge in [0.25, 0.3) is 0 Å². The van der Waals surface area contributed by atoms with Gasteiger partial charge in [-0.05, 0) is 41.3 Å². The van der Waals surface area contributed by atoms with E-state index in [0.717, 1.165) is 5.56 Å². The summed E-state index contributed by atoms with van der Waals surface area (Å²) in [6.07, 6.45) is -4.68.